The third-order valence-corrected chi connectivity index (χ3v) is 5.17. The van der Waals surface area contributed by atoms with Gasteiger partial charge in [0.2, 0.25) is 11.8 Å². The van der Waals surface area contributed by atoms with Crippen LogP contribution in [0.3, 0.4) is 0 Å². The zero-order chi connectivity index (χ0) is 16.9. The molecule has 1 aromatic rings. The number of hydrogen-bond acceptors (Lipinski definition) is 5. The number of nitrogens with one attached hydrogen (secondary N) is 2. The summed E-state index contributed by atoms with van der Waals surface area (Å²) in [6, 6.07) is 7.55. The summed E-state index contributed by atoms with van der Waals surface area (Å²) in [5.74, 6) is 1.06. The van der Waals surface area contributed by atoms with E-state index in [4.69, 9.17) is 4.74 Å². The van der Waals surface area contributed by atoms with E-state index in [-0.39, 0.29) is 11.8 Å². The van der Waals surface area contributed by atoms with E-state index in [9.17, 15) is 9.59 Å². The lowest BCUT2D eigenvalue weighted by Crippen LogP contribution is -2.60. The Morgan fingerprint density at radius 3 is 3.00 bits per heavy atom. The number of hydrogen-bond donors (Lipinski definition) is 2. The van der Waals surface area contributed by atoms with Crippen molar-refractivity contribution in [1.29, 1.82) is 0 Å². The summed E-state index contributed by atoms with van der Waals surface area (Å²) in [6.45, 7) is 1.82. The molecule has 24 heavy (non-hydrogen) atoms. The molecular formula is C17H23N3O3S. The van der Waals surface area contributed by atoms with Gasteiger partial charge in [0.15, 0.2) is 0 Å². The number of carbonyl (C=O) groups excluding carboxylic acids is 2. The summed E-state index contributed by atoms with van der Waals surface area (Å²) in [5.41, 5.74) is 0. The molecule has 7 heteroatoms. The molecule has 0 unspecified atom stereocenters. The van der Waals surface area contributed by atoms with Crippen LogP contribution >= 0.6 is 11.8 Å². The van der Waals surface area contributed by atoms with Crippen LogP contribution in [-0.4, -0.2) is 61.3 Å². The molecule has 2 N–H and O–H groups in total. The molecule has 2 fully saturated rings. The fraction of sp³-hybridized carbons (Fsp3) is 0.529. The number of amides is 2. The molecule has 0 spiro atoms. The highest BCUT2D eigenvalue weighted by Gasteiger charge is 2.34. The molecule has 0 bridgehead atoms. The van der Waals surface area contributed by atoms with Crippen LogP contribution < -0.4 is 15.4 Å². The molecule has 2 aliphatic rings. The average molecular weight is 349 g/mol. The van der Waals surface area contributed by atoms with Gasteiger partial charge in [0.1, 0.15) is 11.8 Å². The van der Waals surface area contributed by atoms with Gasteiger partial charge < -0.3 is 20.3 Å². The largest absolute Gasteiger partial charge is 0.497 e. The molecule has 1 aliphatic carbocycles. The van der Waals surface area contributed by atoms with Crippen molar-refractivity contribution in [2.75, 3.05) is 32.5 Å². The van der Waals surface area contributed by atoms with Crippen LogP contribution in [0.25, 0.3) is 0 Å². The predicted octanol–water partition coefficient (Wildman–Crippen LogP) is 0.866. The first-order valence-corrected chi connectivity index (χ1v) is 9.23. The van der Waals surface area contributed by atoms with Crippen LogP contribution in [0.1, 0.15) is 12.8 Å². The second-order valence-corrected chi connectivity index (χ2v) is 7.11. The van der Waals surface area contributed by atoms with Gasteiger partial charge in [-0.05, 0) is 31.0 Å². The maximum Gasteiger partial charge on any atom is 0.244 e. The van der Waals surface area contributed by atoms with Gasteiger partial charge in [0.25, 0.3) is 0 Å². The molecular weight excluding hydrogens is 326 g/mol. The zero-order valence-electron chi connectivity index (χ0n) is 13.8. The second-order valence-electron chi connectivity index (χ2n) is 6.06. The number of nitrogens with zero attached hydrogens (tertiary/aromatic N) is 1. The Hall–Kier alpha value is -1.73. The average Bonchev–Trinajstić information content (AvgIpc) is 3.43. The maximum atomic E-state index is 12.6. The van der Waals surface area contributed by atoms with Gasteiger partial charge in [-0.25, -0.2) is 0 Å². The van der Waals surface area contributed by atoms with Crippen LogP contribution in [0.4, 0.5) is 0 Å². The highest BCUT2D eigenvalue weighted by molar-refractivity contribution is 8.00. The lowest BCUT2D eigenvalue weighted by atomic mass is 10.1. The van der Waals surface area contributed by atoms with Crippen LogP contribution in [0, 0.1) is 0 Å². The van der Waals surface area contributed by atoms with Crippen LogP contribution in [-0.2, 0) is 9.59 Å². The maximum absolute atomic E-state index is 12.6. The Bertz CT molecular complexity index is 606. The molecule has 1 aliphatic heterocycles. The summed E-state index contributed by atoms with van der Waals surface area (Å²) in [5, 5.41) is 6.21. The first-order valence-electron chi connectivity index (χ1n) is 8.25. The van der Waals surface area contributed by atoms with Gasteiger partial charge in [0, 0.05) is 30.6 Å². The van der Waals surface area contributed by atoms with E-state index in [2.05, 4.69) is 10.6 Å². The van der Waals surface area contributed by atoms with Gasteiger partial charge in [-0.2, -0.15) is 0 Å². The molecule has 130 valence electrons. The van der Waals surface area contributed by atoms with Crippen molar-refractivity contribution < 1.29 is 14.3 Å². The van der Waals surface area contributed by atoms with E-state index >= 15 is 0 Å². The Morgan fingerprint density at radius 1 is 1.42 bits per heavy atom. The first kappa shape index (κ1) is 17.1. The van der Waals surface area contributed by atoms with Crippen LogP contribution in [0.5, 0.6) is 5.75 Å². The molecule has 1 heterocycles. The fourth-order valence-corrected chi connectivity index (χ4v) is 3.51. The third kappa shape index (κ3) is 4.42. The van der Waals surface area contributed by atoms with Crippen molar-refractivity contribution in [3.63, 3.8) is 0 Å². The van der Waals surface area contributed by atoms with E-state index in [0.717, 1.165) is 30.0 Å². The number of carbonyl (C=O) groups is 2. The summed E-state index contributed by atoms with van der Waals surface area (Å²) >= 11 is 1.47. The van der Waals surface area contributed by atoms with Gasteiger partial charge in [-0.15, -0.1) is 11.8 Å². The molecule has 1 saturated heterocycles. The summed E-state index contributed by atoms with van der Waals surface area (Å²) in [4.78, 5) is 27.7. The van der Waals surface area contributed by atoms with E-state index in [0.29, 0.717) is 24.9 Å². The quantitative estimate of drug-likeness (QED) is 0.746. The minimum absolute atomic E-state index is 0.000247. The molecule has 1 aromatic carbocycles. The molecule has 2 amide bonds. The smallest absolute Gasteiger partial charge is 0.244 e. The van der Waals surface area contributed by atoms with Gasteiger partial charge >= 0.3 is 0 Å². The second kappa shape index (κ2) is 7.90. The third-order valence-electron chi connectivity index (χ3n) is 4.19. The Kier molecular flexibility index (Phi) is 5.63. The number of rotatable bonds is 6. The van der Waals surface area contributed by atoms with Crippen LogP contribution in [0.2, 0.25) is 0 Å². The summed E-state index contributed by atoms with van der Waals surface area (Å²) in [6.07, 6.45) is 2.09. The Morgan fingerprint density at radius 2 is 2.25 bits per heavy atom. The van der Waals surface area contributed by atoms with Crippen molar-refractivity contribution in [3.05, 3.63) is 24.3 Å². The highest BCUT2D eigenvalue weighted by Crippen LogP contribution is 2.24. The van der Waals surface area contributed by atoms with E-state index in [1.54, 1.807) is 12.0 Å². The Labute approximate surface area is 146 Å². The standard InChI is InChI=1S/C17H23N3O3S/c1-23-13-3-2-4-14(9-13)24-11-16(21)20-8-7-18-10-15(20)17(22)19-12-5-6-12/h2-4,9,12,15,18H,5-8,10-11H2,1H3,(H,19,22)/t15-/m1/s1. The van der Waals surface area contributed by atoms with Crippen molar-refractivity contribution >= 4 is 23.6 Å². The monoisotopic (exact) mass is 349 g/mol. The summed E-state index contributed by atoms with van der Waals surface area (Å²) < 4.78 is 5.20. The van der Waals surface area contributed by atoms with Gasteiger partial charge in [0.05, 0.1) is 12.9 Å². The number of ether oxygens (including phenoxy) is 1. The van der Waals surface area contributed by atoms with Crippen molar-refractivity contribution in [3.8, 4) is 5.75 Å². The number of benzene rings is 1. The number of thioether (sulfide) groups is 1. The van der Waals surface area contributed by atoms with E-state index in [1.807, 2.05) is 24.3 Å². The topological polar surface area (TPSA) is 70.7 Å². The lowest BCUT2D eigenvalue weighted by molar-refractivity contribution is -0.139. The lowest BCUT2D eigenvalue weighted by Gasteiger charge is -2.35. The van der Waals surface area contributed by atoms with E-state index < -0.39 is 6.04 Å². The first-order chi connectivity index (χ1) is 11.7. The van der Waals surface area contributed by atoms with Crippen LogP contribution in [0.15, 0.2) is 29.2 Å². The molecule has 0 radical (unpaired) electrons. The van der Waals surface area contributed by atoms with Crippen molar-refractivity contribution in [2.24, 2.45) is 0 Å². The Balaban J connectivity index is 1.57. The molecule has 1 atom stereocenters. The zero-order valence-corrected chi connectivity index (χ0v) is 14.6. The van der Waals surface area contributed by atoms with Gasteiger partial charge in [-0.3, -0.25) is 9.59 Å². The van der Waals surface area contributed by atoms with Crippen molar-refractivity contribution in [2.45, 2.75) is 29.8 Å². The molecule has 1 saturated carbocycles. The van der Waals surface area contributed by atoms with Crippen molar-refractivity contribution in [1.82, 2.24) is 15.5 Å². The summed E-state index contributed by atoms with van der Waals surface area (Å²) in [7, 11) is 1.62. The molecule has 3 rings (SSSR count). The highest BCUT2D eigenvalue weighted by atomic mass is 32.2. The normalized spacial score (nSPS) is 20.5. The SMILES string of the molecule is COc1cccc(SCC(=O)N2CCNC[C@@H]2C(=O)NC2CC2)c1. The fourth-order valence-electron chi connectivity index (χ4n) is 2.68. The molecule has 6 nitrogen and oxygen atoms in total. The minimum atomic E-state index is -0.405. The van der Waals surface area contributed by atoms with E-state index in [1.165, 1.54) is 11.8 Å². The number of piperazine rings is 1. The minimum Gasteiger partial charge on any atom is -0.497 e. The molecule has 0 aromatic heterocycles. The number of methoxy groups -OCH3 is 1. The van der Waals surface area contributed by atoms with Gasteiger partial charge in [-0.1, -0.05) is 6.07 Å². The predicted molar refractivity (Wildman–Crippen MR) is 93.3 cm³/mol.